The van der Waals surface area contributed by atoms with Gasteiger partial charge in [0.05, 0.1) is 6.10 Å². The summed E-state index contributed by atoms with van der Waals surface area (Å²) in [5.41, 5.74) is 0. The molecular weight excluding hydrogens is 236 g/mol. The average molecular weight is 252 g/mol. The van der Waals surface area contributed by atoms with Crippen LogP contribution in [0.2, 0.25) is 0 Å². The lowest BCUT2D eigenvalue weighted by Crippen LogP contribution is -2.58. The molecule has 1 saturated heterocycles. The first-order valence-electron chi connectivity index (χ1n) is 4.83. The van der Waals surface area contributed by atoms with Gasteiger partial charge in [-0.1, -0.05) is 11.8 Å². The maximum atomic E-state index is 10.8. The largest absolute Gasteiger partial charge is 0.388 e. The molecule has 1 aliphatic rings. The molecule has 0 aliphatic carbocycles. The van der Waals surface area contributed by atoms with Gasteiger partial charge in [0.15, 0.2) is 11.4 Å². The second kappa shape index (κ2) is 5.95. The van der Waals surface area contributed by atoms with Crippen LogP contribution in [0.15, 0.2) is 0 Å². The molecule has 1 fully saturated rings. The second-order valence-corrected chi connectivity index (χ2v) is 4.75. The van der Waals surface area contributed by atoms with Gasteiger partial charge in [0.2, 0.25) is 0 Å². The van der Waals surface area contributed by atoms with Gasteiger partial charge in [0, 0.05) is 19.8 Å². The number of hydrogen-bond acceptors (Lipinski definition) is 7. The van der Waals surface area contributed by atoms with Gasteiger partial charge in [-0.3, -0.25) is 4.79 Å². The highest BCUT2D eigenvalue weighted by Crippen LogP contribution is 2.24. The lowest BCUT2D eigenvalue weighted by molar-refractivity contribution is -0.284. The number of carbonyl (C=O) groups excluding carboxylic acids is 1. The Morgan fingerprint density at radius 2 is 1.94 bits per heavy atom. The summed E-state index contributed by atoms with van der Waals surface area (Å²) in [6, 6.07) is 0. The van der Waals surface area contributed by atoms with Crippen LogP contribution in [0.5, 0.6) is 0 Å². The van der Waals surface area contributed by atoms with Crippen molar-refractivity contribution in [3.63, 3.8) is 0 Å². The Bertz CT molecular complexity index is 246. The standard InChI is InChI=1S/C9H16O6S/c1-4(10)16-3-5-6(11)7(12)8(13)9(14-2)15-5/h5-9,11-13H,3H2,1-2H3/t5?,6-,7-,8?,9+/m0/s1. The van der Waals surface area contributed by atoms with E-state index in [1.165, 1.54) is 14.0 Å². The van der Waals surface area contributed by atoms with Crippen molar-refractivity contribution in [2.45, 2.75) is 37.6 Å². The summed E-state index contributed by atoms with van der Waals surface area (Å²) in [4.78, 5) is 10.8. The van der Waals surface area contributed by atoms with Crippen LogP contribution in [0.25, 0.3) is 0 Å². The summed E-state index contributed by atoms with van der Waals surface area (Å²) >= 11 is 0.985. The first-order chi connectivity index (χ1) is 7.47. The maximum absolute atomic E-state index is 10.8. The van der Waals surface area contributed by atoms with E-state index in [2.05, 4.69) is 0 Å². The monoisotopic (exact) mass is 252 g/mol. The minimum absolute atomic E-state index is 0.106. The van der Waals surface area contributed by atoms with Crippen LogP contribution in [-0.2, 0) is 14.3 Å². The van der Waals surface area contributed by atoms with Crippen molar-refractivity contribution in [3.05, 3.63) is 0 Å². The SMILES string of the molecule is CO[C@@H]1OC(CSC(C)=O)[C@H](O)[C@H](O)C1O. The maximum Gasteiger partial charge on any atom is 0.186 e. The van der Waals surface area contributed by atoms with Gasteiger partial charge < -0.3 is 24.8 Å². The molecule has 3 N–H and O–H groups in total. The van der Waals surface area contributed by atoms with Crippen LogP contribution >= 0.6 is 11.8 Å². The highest BCUT2D eigenvalue weighted by Gasteiger charge is 2.43. The van der Waals surface area contributed by atoms with Crippen molar-refractivity contribution in [1.82, 2.24) is 0 Å². The molecule has 0 aromatic rings. The first-order valence-corrected chi connectivity index (χ1v) is 5.81. The molecule has 7 heteroatoms. The Morgan fingerprint density at radius 1 is 1.31 bits per heavy atom. The molecule has 5 atom stereocenters. The topological polar surface area (TPSA) is 96.2 Å². The van der Waals surface area contributed by atoms with Crippen molar-refractivity contribution >= 4 is 16.9 Å². The molecule has 1 aliphatic heterocycles. The van der Waals surface area contributed by atoms with Crippen LogP contribution in [-0.4, -0.2) is 64.0 Å². The molecule has 6 nitrogen and oxygen atoms in total. The van der Waals surface area contributed by atoms with Crippen LogP contribution in [0.4, 0.5) is 0 Å². The minimum atomic E-state index is -1.34. The third-order valence-corrected chi connectivity index (χ3v) is 3.25. The molecule has 0 amide bonds. The minimum Gasteiger partial charge on any atom is -0.388 e. The van der Waals surface area contributed by atoms with Crippen LogP contribution in [0.3, 0.4) is 0 Å². The number of aliphatic hydroxyl groups excluding tert-OH is 3. The Labute approximate surface area is 97.5 Å². The van der Waals surface area contributed by atoms with Gasteiger partial charge in [-0.2, -0.15) is 0 Å². The zero-order valence-corrected chi connectivity index (χ0v) is 9.88. The van der Waals surface area contributed by atoms with Crippen molar-refractivity contribution in [3.8, 4) is 0 Å². The van der Waals surface area contributed by atoms with Crippen LogP contribution in [0, 0.1) is 0 Å². The number of rotatable bonds is 3. The molecule has 2 unspecified atom stereocenters. The van der Waals surface area contributed by atoms with Crippen molar-refractivity contribution in [1.29, 1.82) is 0 Å². The number of methoxy groups -OCH3 is 1. The quantitative estimate of drug-likeness (QED) is 0.575. The van der Waals surface area contributed by atoms with Gasteiger partial charge in [-0.15, -0.1) is 0 Å². The predicted molar refractivity (Wildman–Crippen MR) is 56.8 cm³/mol. The van der Waals surface area contributed by atoms with E-state index >= 15 is 0 Å². The van der Waals surface area contributed by atoms with Crippen molar-refractivity contribution < 1.29 is 29.6 Å². The molecule has 1 rings (SSSR count). The fourth-order valence-electron chi connectivity index (χ4n) is 1.45. The number of ether oxygens (including phenoxy) is 2. The van der Waals surface area contributed by atoms with E-state index in [9.17, 15) is 20.1 Å². The number of aliphatic hydroxyl groups is 3. The summed E-state index contributed by atoms with van der Waals surface area (Å²) in [5, 5.41) is 28.5. The van der Waals surface area contributed by atoms with E-state index < -0.39 is 30.7 Å². The molecule has 94 valence electrons. The molecule has 0 radical (unpaired) electrons. The Hall–Kier alpha value is -0.180. The summed E-state index contributed by atoms with van der Waals surface area (Å²) in [6.07, 6.45) is -5.59. The van der Waals surface area contributed by atoms with Gasteiger partial charge in [-0.25, -0.2) is 0 Å². The van der Waals surface area contributed by atoms with E-state index in [1.807, 2.05) is 0 Å². The van der Waals surface area contributed by atoms with E-state index in [4.69, 9.17) is 9.47 Å². The lowest BCUT2D eigenvalue weighted by atomic mass is 10.00. The Morgan fingerprint density at radius 3 is 2.44 bits per heavy atom. The third kappa shape index (κ3) is 3.16. The highest BCUT2D eigenvalue weighted by atomic mass is 32.2. The highest BCUT2D eigenvalue weighted by molar-refractivity contribution is 8.13. The molecule has 0 bridgehead atoms. The Kier molecular flexibility index (Phi) is 5.16. The van der Waals surface area contributed by atoms with Crippen molar-refractivity contribution in [2.24, 2.45) is 0 Å². The molecule has 0 aromatic carbocycles. The average Bonchev–Trinajstić information content (AvgIpc) is 2.25. The van der Waals surface area contributed by atoms with E-state index in [1.54, 1.807) is 0 Å². The smallest absolute Gasteiger partial charge is 0.186 e. The fraction of sp³-hybridized carbons (Fsp3) is 0.889. The summed E-state index contributed by atoms with van der Waals surface area (Å²) in [7, 11) is 1.33. The second-order valence-electron chi connectivity index (χ2n) is 3.55. The number of hydrogen-bond donors (Lipinski definition) is 3. The normalized spacial score (nSPS) is 39.7. The van der Waals surface area contributed by atoms with Crippen LogP contribution < -0.4 is 0 Å². The van der Waals surface area contributed by atoms with E-state index in [0.717, 1.165) is 11.8 Å². The molecule has 16 heavy (non-hydrogen) atoms. The van der Waals surface area contributed by atoms with E-state index in [-0.39, 0.29) is 10.9 Å². The fourth-order valence-corrected chi connectivity index (χ4v) is 2.12. The van der Waals surface area contributed by atoms with Crippen molar-refractivity contribution in [2.75, 3.05) is 12.9 Å². The molecule has 0 saturated carbocycles. The first kappa shape index (κ1) is 13.9. The zero-order valence-electron chi connectivity index (χ0n) is 9.07. The third-order valence-electron chi connectivity index (χ3n) is 2.35. The lowest BCUT2D eigenvalue weighted by Gasteiger charge is -2.39. The van der Waals surface area contributed by atoms with Gasteiger partial charge in [0.1, 0.15) is 18.3 Å². The molecule has 1 heterocycles. The molecular formula is C9H16O6S. The van der Waals surface area contributed by atoms with Gasteiger partial charge in [0.25, 0.3) is 0 Å². The Balaban J connectivity index is 2.60. The van der Waals surface area contributed by atoms with Gasteiger partial charge >= 0.3 is 0 Å². The molecule has 0 aromatic heterocycles. The number of thioether (sulfide) groups is 1. The predicted octanol–water partition coefficient (Wildman–Crippen LogP) is -1.28. The summed E-state index contributed by atoms with van der Waals surface area (Å²) < 4.78 is 10.0. The number of carbonyl (C=O) groups is 1. The van der Waals surface area contributed by atoms with Crippen LogP contribution in [0.1, 0.15) is 6.92 Å². The molecule has 0 spiro atoms. The summed E-state index contributed by atoms with van der Waals surface area (Å²) in [6.45, 7) is 1.40. The van der Waals surface area contributed by atoms with E-state index in [0.29, 0.717) is 0 Å². The van der Waals surface area contributed by atoms with Gasteiger partial charge in [-0.05, 0) is 0 Å². The zero-order chi connectivity index (χ0) is 12.3. The summed E-state index contributed by atoms with van der Waals surface area (Å²) in [5.74, 6) is 0.208.